The Hall–Kier alpha value is -1.41. The van der Waals surface area contributed by atoms with Crippen molar-refractivity contribution in [2.45, 2.75) is 25.4 Å². The second kappa shape index (κ2) is 6.15. The number of carbonyl (C=O) groups is 2. The van der Waals surface area contributed by atoms with Crippen LogP contribution in [-0.2, 0) is 14.6 Å². The summed E-state index contributed by atoms with van der Waals surface area (Å²) in [6.45, 7) is 1.60. The van der Waals surface area contributed by atoms with E-state index in [9.17, 15) is 18.0 Å². The number of hydrogen-bond acceptors (Lipinski definition) is 5. The molecule has 2 atom stereocenters. The van der Waals surface area contributed by atoms with Crippen LogP contribution < -0.4 is 5.32 Å². The predicted octanol–water partition coefficient (Wildman–Crippen LogP) is 0.512. The zero-order valence-corrected chi connectivity index (χ0v) is 13.5. The first-order chi connectivity index (χ1) is 9.80. The first kappa shape index (κ1) is 16.0. The highest BCUT2D eigenvalue weighted by Gasteiger charge is 2.34. The van der Waals surface area contributed by atoms with Gasteiger partial charge in [0.1, 0.15) is 6.04 Å². The normalized spacial score (nSPS) is 21.7. The predicted molar refractivity (Wildman–Crippen MR) is 81.1 cm³/mol. The summed E-state index contributed by atoms with van der Waals surface area (Å²) in [6.07, 6.45) is 0.455. The molecule has 116 valence electrons. The molecule has 1 saturated heterocycles. The standard InChI is InChI=1S/C13H18N2O4S2/c1-9(14-12(16)11-4-3-6-20-11)13(17)15(2)10-5-7-21(18,19)8-10/h3-4,6,9-10H,5,7-8H2,1-2H3,(H,14,16). The molecular weight excluding hydrogens is 312 g/mol. The summed E-state index contributed by atoms with van der Waals surface area (Å²) >= 11 is 1.30. The molecule has 8 heteroatoms. The summed E-state index contributed by atoms with van der Waals surface area (Å²) in [7, 11) is -1.45. The Labute approximate surface area is 128 Å². The molecule has 0 saturated carbocycles. The van der Waals surface area contributed by atoms with Crippen molar-refractivity contribution in [2.75, 3.05) is 18.6 Å². The van der Waals surface area contributed by atoms with Crippen molar-refractivity contribution in [2.24, 2.45) is 0 Å². The Morgan fingerprint density at radius 1 is 1.48 bits per heavy atom. The maximum atomic E-state index is 12.3. The molecule has 1 fully saturated rings. The number of carbonyl (C=O) groups excluding carboxylic acids is 2. The van der Waals surface area contributed by atoms with Crippen LogP contribution in [0.25, 0.3) is 0 Å². The van der Waals surface area contributed by atoms with Gasteiger partial charge in [-0.3, -0.25) is 9.59 Å². The fourth-order valence-electron chi connectivity index (χ4n) is 2.30. The van der Waals surface area contributed by atoms with E-state index in [2.05, 4.69) is 5.32 Å². The van der Waals surface area contributed by atoms with Gasteiger partial charge in [0.2, 0.25) is 5.91 Å². The van der Waals surface area contributed by atoms with E-state index in [1.54, 1.807) is 31.5 Å². The van der Waals surface area contributed by atoms with Gasteiger partial charge in [0, 0.05) is 13.1 Å². The summed E-state index contributed by atoms with van der Waals surface area (Å²) in [6, 6.07) is 2.46. The summed E-state index contributed by atoms with van der Waals surface area (Å²) in [5.41, 5.74) is 0. The number of thiophene rings is 1. The van der Waals surface area contributed by atoms with E-state index in [0.717, 1.165) is 0 Å². The van der Waals surface area contributed by atoms with E-state index >= 15 is 0 Å². The van der Waals surface area contributed by atoms with Crippen LogP contribution in [0.5, 0.6) is 0 Å². The lowest BCUT2D eigenvalue weighted by atomic mass is 10.2. The Bertz CT molecular complexity index is 625. The molecule has 1 aromatic rings. The fraction of sp³-hybridized carbons (Fsp3) is 0.538. The van der Waals surface area contributed by atoms with Crippen LogP contribution in [0, 0.1) is 0 Å². The minimum absolute atomic E-state index is 0.000824. The van der Waals surface area contributed by atoms with E-state index in [1.807, 2.05) is 0 Å². The van der Waals surface area contributed by atoms with E-state index in [4.69, 9.17) is 0 Å². The smallest absolute Gasteiger partial charge is 0.261 e. The molecule has 2 amide bonds. The van der Waals surface area contributed by atoms with Gasteiger partial charge in [0.15, 0.2) is 9.84 Å². The van der Waals surface area contributed by atoms with Gasteiger partial charge in [0.05, 0.1) is 16.4 Å². The van der Waals surface area contributed by atoms with Crippen molar-refractivity contribution in [3.8, 4) is 0 Å². The Kier molecular flexibility index (Phi) is 4.67. The molecule has 1 N–H and O–H groups in total. The number of nitrogens with zero attached hydrogens (tertiary/aromatic N) is 1. The molecule has 0 aromatic carbocycles. The lowest BCUT2D eigenvalue weighted by molar-refractivity contribution is -0.133. The van der Waals surface area contributed by atoms with Crippen LogP contribution in [-0.4, -0.2) is 55.8 Å². The average molecular weight is 330 g/mol. The Morgan fingerprint density at radius 3 is 2.71 bits per heavy atom. The molecular formula is C13H18N2O4S2. The zero-order chi connectivity index (χ0) is 15.6. The highest BCUT2D eigenvalue weighted by atomic mass is 32.2. The molecule has 1 aliphatic rings. The van der Waals surface area contributed by atoms with Gasteiger partial charge in [-0.2, -0.15) is 0 Å². The van der Waals surface area contributed by atoms with Gasteiger partial charge >= 0.3 is 0 Å². The summed E-state index contributed by atoms with van der Waals surface area (Å²) in [5, 5.41) is 4.43. The van der Waals surface area contributed by atoms with E-state index in [1.165, 1.54) is 16.2 Å². The maximum Gasteiger partial charge on any atom is 0.261 e. The molecule has 0 bridgehead atoms. The van der Waals surface area contributed by atoms with Gasteiger partial charge in [-0.05, 0) is 24.8 Å². The quantitative estimate of drug-likeness (QED) is 0.872. The van der Waals surface area contributed by atoms with Crippen molar-refractivity contribution >= 4 is 33.0 Å². The van der Waals surface area contributed by atoms with Gasteiger partial charge in [-0.1, -0.05) is 6.07 Å². The lowest BCUT2D eigenvalue weighted by Gasteiger charge is -2.26. The minimum atomic E-state index is -3.04. The summed E-state index contributed by atoms with van der Waals surface area (Å²) in [4.78, 5) is 26.1. The second-order valence-corrected chi connectivity index (χ2v) is 8.35. The van der Waals surface area contributed by atoms with Crippen molar-refractivity contribution in [1.82, 2.24) is 10.2 Å². The van der Waals surface area contributed by atoms with Crippen molar-refractivity contribution in [1.29, 1.82) is 0 Å². The zero-order valence-electron chi connectivity index (χ0n) is 11.9. The Morgan fingerprint density at radius 2 is 2.19 bits per heavy atom. The van der Waals surface area contributed by atoms with Crippen LogP contribution in [0.1, 0.15) is 23.0 Å². The topological polar surface area (TPSA) is 83.6 Å². The van der Waals surface area contributed by atoms with Gasteiger partial charge < -0.3 is 10.2 Å². The monoisotopic (exact) mass is 330 g/mol. The molecule has 1 aliphatic heterocycles. The molecule has 6 nitrogen and oxygen atoms in total. The number of amides is 2. The number of nitrogens with one attached hydrogen (secondary N) is 1. The maximum absolute atomic E-state index is 12.3. The second-order valence-electron chi connectivity index (χ2n) is 5.18. The molecule has 1 aromatic heterocycles. The van der Waals surface area contributed by atoms with Crippen LogP contribution in [0.3, 0.4) is 0 Å². The summed E-state index contributed by atoms with van der Waals surface area (Å²) in [5.74, 6) is -0.452. The van der Waals surface area contributed by atoms with E-state index in [0.29, 0.717) is 11.3 Å². The van der Waals surface area contributed by atoms with E-state index < -0.39 is 15.9 Å². The highest BCUT2D eigenvalue weighted by molar-refractivity contribution is 7.91. The molecule has 21 heavy (non-hydrogen) atoms. The minimum Gasteiger partial charge on any atom is -0.340 e. The molecule has 2 rings (SSSR count). The van der Waals surface area contributed by atoms with Crippen molar-refractivity contribution < 1.29 is 18.0 Å². The third-order valence-corrected chi connectivity index (χ3v) is 6.19. The molecule has 2 heterocycles. The molecule has 0 radical (unpaired) electrons. The van der Waals surface area contributed by atoms with Crippen LogP contribution in [0.2, 0.25) is 0 Å². The number of hydrogen-bond donors (Lipinski definition) is 1. The molecule has 0 spiro atoms. The van der Waals surface area contributed by atoms with Gasteiger partial charge in [-0.25, -0.2) is 8.42 Å². The van der Waals surface area contributed by atoms with Gasteiger partial charge in [-0.15, -0.1) is 11.3 Å². The molecule has 2 unspecified atom stereocenters. The number of sulfone groups is 1. The Balaban J connectivity index is 1.94. The summed E-state index contributed by atoms with van der Waals surface area (Å²) < 4.78 is 22.9. The van der Waals surface area contributed by atoms with Crippen LogP contribution >= 0.6 is 11.3 Å². The van der Waals surface area contributed by atoms with Crippen LogP contribution in [0.4, 0.5) is 0 Å². The third kappa shape index (κ3) is 3.82. The highest BCUT2D eigenvalue weighted by Crippen LogP contribution is 2.17. The SMILES string of the molecule is CC(NC(=O)c1cccs1)C(=O)N(C)C1CCS(=O)(=O)C1. The lowest BCUT2D eigenvalue weighted by Crippen LogP contribution is -2.49. The number of likely N-dealkylation sites (N-methyl/N-ethyl adjacent to an activating group) is 1. The largest absolute Gasteiger partial charge is 0.340 e. The number of rotatable bonds is 4. The van der Waals surface area contributed by atoms with Crippen molar-refractivity contribution in [3.05, 3.63) is 22.4 Å². The first-order valence-electron chi connectivity index (χ1n) is 6.61. The average Bonchev–Trinajstić information content (AvgIpc) is 3.06. The third-order valence-electron chi connectivity index (χ3n) is 3.57. The fourth-order valence-corrected chi connectivity index (χ4v) is 4.70. The molecule has 0 aliphatic carbocycles. The van der Waals surface area contributed by atoms with Crippen LogP contribution in [0.15, 0.2) is 17.5 Å². The first-order valence-corrected chi connectivity index (χ1v) is 9.32. The van der Waals surface area contributed by atoms with Crippen molar-refractivity contribution in [3.63, 3.8) is 0 Å². The van der Waals surface area contributed by atoms with E-state index in [-0.39, 0.29) is 29.4 Å². The van der Waals surface area contributed by atoms with Gasteiger partial charge in [0.25, 0.3) is 5.91 Å².